The third-order valence-electron chi connectivity index (χ3n) is 3.57. The maximum atomic E-state index is 12.1. The van der Waals surface area contributed by atoms with Gasteiger partial charge in [-0.25, -0.2) is 0 Å². The third kappa shape index (κ3) is 4.79. The normalized spacial score (nSPS) is 17.5. The predicted molar refractivity (Wildman–Crippen MR) is 84.3 cm³/mol. The van der Waals surface area contributed by atoms with Crippen LogP contribution >= 0.6 is 12.4 Å². The Morgan fingerprint density at radius 2 is 2.14 bits per heavy atom. The smallest absolute Gasteiger partial charge is 0.237 e. The third-order valence-corrected chi connectivity index (χ3v) is 3.57. The number of amides is 1. The molecule has 5 nitrogen and oxygen atoms in total. The van der Waals surface area contributed by atoms with Crippen LogP contribution in [0.1, 0.15) is 24.8 Å². The fraction of sp³-hybridized carbons (Fsp3) is 0.533. The van der Waals surface area contributed by atoms with Gasteiger partial charge in [-0.05, 0) is 31.5 Å². The monoisotopic (exact) mass is 314 g/mol. The molecular formula is C15H23ClN2O3. The SMILES string of the molecule is COc1ccc(CNC(=O)C2CCCCN2)c(OC)c1.Cl. The summed E-state index contributed by atoms with van der Waals surface area (Å²) in [6.45, 7) is 1.38. The topological polar surface area (TPSA) is 59.6 Å². The first kappa shape index (κ1) is 17.6. The molecule has 0 aromatic heterocycles. The summed E-state index contributed by atoms with van der Waals surface area (Å²) in [5.74, 6) is 1.52. The largest absolute Gasteiger partial charge is 0.497 e. The van der Waals surface area contributed by atoms with E-state index in [2.05, 4.69) is 10.6 Å². The summed E-state index contributed by atoms with van der Waals surface area (Å²) in [6.07, 6.45) is 3.17. The summed E-state index contributed by atoms with van der Waals surface area (Å²) < 4.78 is 10.5. The van der Waals surface area contributed by atoms with Gasteiger partial charge in [0.25, 0.3) is 0 Å². The number of hydrogen-bond donors (Lipinski definition) is 2. The van der Waals surface area contributed by atoms with E-state index in [1.54, 1.807) is 14.2 Å². The van der Waals surface area contributed by atoms with Crippen molar-refractivity contribution < 1.29 is 14.3 Å². The fourth-order valence-electron chi connectivity index (χ4n) is 2.38. The van der Waals surface area contributed by atoms with E-state index in [1.165, 1.54) is 0 Å². The molecule has 21 heavy (non-hydrogen) atoms. The molecule has 1 unspecified atom stereocenters. The number of hydrogen-bond acceptors (Lipinski definition) is 4. The molecule has 1 aliphatic heterocycles. The van der Waals surface area contributed by atoms with E-state index >= 15 is 0 Å². The van der Waals surface area contributed by atoms with Crippen molar-refractivity contribution in [1.29, 1.82) is 0 Å². The lowest BCUT2D eigenvalue weighted by Crippen LogP contribution is -2.46. The molecule has 0 radical (unpaired) electrons. The van der Waals surface area contributed by atoms with Gasteiger partial charge in [0.15, 0.2) is 0 Å². The van der Waals surface area contributed by atoms with Crippen LogP contribution in [0.15, 0.2) is 18.2 Å². The lowest BCUT2D eigenvalue weighted by atomic mass is 10.0. The van der Waals surface area contributed by atoms with E-state index in [1.807, 2.05) is 18.2 Å². The molecule has 0 saturated carbocycles. The molecule has 2 rings (SSSR count). The number of rotatable bonds is 5. The minimum absolute atomic E-state index is 0. The molecule has 1 fully saturated rings. The summed E-state index contributed by atoms with van der Waals surface area (Å²) in [6, 6.07) is 5.53. The fourth-order valence-corrected chi connectivity index (χ4v) is 2.38. The maximum absolute atomic E-state index is 12.1. The Morgan fingerprint density at radius 3 is 2.76 bits per heavy atom. The molecule has 0 bridgehead atoms. The molecule has 0 aliphatic carbocycles. The van der Waals surface area contributed by atoms with Crippen molar-refractivity contribution in [2.45, 2.75) is 31.8 Å². The number of ether oxygens (including phenoxy) is 2. The van der Waals surface area contributed by atoms with Gasteiger partial charge >= 0.3 is 0 Å². The van der Waals surface area contributed by atoms with Gasteiger partial charge in [-0.2, -0.15) is 0 Å². The molecule has 1 aliphatic rings. The average Bonchev–Trinajstić information content (AvgIpc) is 2.53. The summed E-state index contributed by atoms with van der Waals surface area (Å²) >= 11 is 0. The van der Waals surface area contributed by atoms with Crippen molar-refractivity contribution in [3.8, 4) is 11.5 Å². The standard InChI is InChI=1S/C15H22N2O3.ClH/c1-19-12-7-6-11(14(9-12)20-2)10-17-15(18)13-5-3-4-8-16-13;/h6-7,9,13,16H,3-5,8,10H2,1-2H3,(H,17,18);1H. The summed E-state index contributed by atoms with van der Waals surface area (Å²) in [7, 11) is 3.23. The second-order valence-electron chi connectivity index (χ2n) is 4.90. The van der Waals surface area contributed by atoms with Crippen molar-refractivity contribution in [2.24, 2.45) is 0 Å². The number of carbonyl (C=O) groups excluding carboxylic acids is 1. The van der Waals surface area contributed by atoms with E-state index in [4.69, 9.17) is 9.47 Å². The van der Waals surface area contributed by atoms with E-state index < -0.39 is 0 Å². The predicted octanol–water partition coefficient (Wildman–Crippen LogP) is 1.88. The van der Waals surface area contributed by atoms with E-state index in [0.29, 0.717) is 6.54 Å². The Bertz CT molecular complexity index is 462. The van der Waals surface area contributed by atoms with Crippen molar-refractivity contribution in [2.75, 3.05) is 20.8 Å². The van der Waals surface area contributed by atoms with Crippen LogP contribution in [-0.4, -0.2) is 32.7 Å². The molecular weight excluding hydrogens is 292 g/mol. The molecule has 6 heteroatoms. The van der Waals surface area contributed by atoms with Gasteiger partial charge in [-0.3, -0.25) is 4.79 Å². The van der Waals surface area contributed by atoms with Crippen LogP contribution in [0, 0.1) is 0 Å². The zero-order chi connectivity index (χ0) is 14.4. The number of carbonyl (C=O) groups is 1. The van der Waals surface area contributed by atoms with Crippen LogP contribution in [0.2, 0.25) is 0 Å². The summed E-state index contributed by atoms with van der Waals surface area (Å²) in [5, 5.41) is 6.20. The van der Waals surface area contributed by atoms with Crippen molar-refractivity contribution >= 4 is 18.3 Å². The van der Waals surface area contributed by atoms with Gasteiger partial charge in [-0.15, -0.1) is 12.4 Å². The molecule has 1 saturated heterocycles. The highest BCUT2D eigenvalue weighted by Gasteiger charge is 2.20. The van der Waals surface area contributed by atoms with E-state index in [-0.39, 0.29) is 24.4 Å². The van der Waals surface area contributed by atoms with Gasteiger partial charge in [0.05, 0.1) is 20.3 Å². The Balaban J connectivity index is 0.00000220. The highest BCUT2D eigenvalue weighted by molar-refractivity contribution is 5.85. The van der Waals surface area contributed by atoms with Gasteiger partial charge in [0.2, 0.25) is 5.91 Å². The second-order valence-corrected chi connectivity index (χ2v) is 4.90. The van der Waals surface area contributed by atoms with Crippen LogP contribution in [0.5, 0.6) is 11.5 Å². The first-order chi connectivity index (χ1) is 9.74. The van der Waals surface area contributed by atoms with Crippen LogP contribution in [0.3, 0.4) is 0 Å². The lowest BCUT2D eigenvalue weighted by molar-refractivity contribution is -0.123. The molecule has 1 aromatic rings. The highest BCUT2D eigenvalue weighted by Crippen LogP contribution is 2.24. The van der Waals surface area contributed by atoms with Gasteiger partial charge < -0.3 is 20.1 Å². The van der Waals surface area contributed by atoms with Crippen LogP contribution in [0.4, 0.5) is 0 Å². The van der Waals surface area contributed by atoms with Crippen LogP contribution in [-0.2, 0) is 11.3 Å². The number of benzene rings is 1. The molecule has 1 atom stereocenters. The second kappa shape index (κ2) is 8.74. The van der Waals surface area contributed by atoms with Crippen LogP contribution in [0.25, 0.3) is 0 Å². The number of piperidine rings is 1. The van der Waals surface area contributed by atoms with Crippen LogP contribution < -0.4 is 20.1 Å². The zero-order valence-electron chi connectivity index (χ0n) is 12.5. The number of halogens is 1. The van der Waals surface area contributed by atoms with Gasteiger partial charge in [-0.1, -0.05) is 6.42 Å². The minimum atomic E-state index is -0.0620. The van der Waals surface area contributed by atoms with Gasteiger partial charge in [0, 0.05) is 18.2 Å². The van der Waals surface area contributed by atoms with Crippen molar-refractivity contribution in [3.63, 3.8) is 0 Å². The number of nitrogens with one attached hydrogen (secondary N) is 2. The zero-order valence-corrected chi connectivity index (χ0v) is 13.3. The molecule has 0 spiro atoms. The summed E-state index contributed by atoms with van der Waals surface area (Å²) in [5.41, 5.74) is 0.942. The van der Waals surface area contributed by atoms with E-state index in [9.17, 15) is 4.79 Å². The van der Waals surface area contributed by atoms with Gasteiger partial charge in [0.1, 0.15) is 11.5 Å². The first-order valence-electron chi connectivity index (χ1n) is 6.96. The highest BCUT2D eigenvalue weighted by atomic mass is 35.5. The number of methoxy groups -OCH3 is 2. The minimum Gasteiger partial charge on any atom is -0.497 e. The molecule has 1 aromatic carbocycles. The summed E-state index contributed by atoms with van der Waals surface area (Å²) in [4.78, 5) is 12.1. The first-order valence-corrected chi connectivity index (χ1v) is 6.96. The molecule has 1 amide bonds. The Hall–Kier alpha value is -1.46. The molecule has 2 N–H and O–H groups in total. The molecule has 118 valence electrons. The molecule has 1 heterocycles. The average molecular weight is 315 g/mol. The lowest BCUT2D eigenvalue weighted by Gasteiger charge is -2.22. The van der Waals surface area contributed by atoms with Crippen molar-refractivity contribution in [1.82, 2.24) is 10.6 Å². The quantitative estimate of drug-likeness (QED) is 0.871. The Morgan fingerprint density at radius 1 is 1.33 bits per heavy atom. The van der Waals surface area contributed by atoms with E-state index in [0.717, 1.165) is 42.9 Å². The van der Waals surface area contributed by atoms with Crippen molar-refractivity contribution in [3.05, 3.63) is 23.8 Å². The Kier molecular flexibility index (Phi) is 7.32. The Labute approximate surface area is 131 Å². The maximum Gasteiger partial charge on any atom is 0.237 e.